The van der Waals surface area contributed by atoms with Gasteiger partial charge in [-0.25, -0.2) is 0 Å². The zero-order valence-corrected chi connectivity index (χ0v) is 16.2. The van der Waals surface area contributed by atoms with Gasteiger partial charge >= 0.3 is 29.0 Å². The summed E-state index contributed by atoms with van der Waals surface area (Å²) >= 11 is 0. The second-order valence-electron chi connectivity index (χ2n) is 5.37. The molecule has 0 rings (SSSR count). The molecule has 0 spiro atoms. The summed E-state index contributed by atoms with van der Waals surface area (Å²) in [4.78, 5) is 10.3. The van der Waals surface area contributed by atoms with E-state index in [2.05, 4.69) is 55.5 Å². The van der Waals surface area contributed by atoms with Gasteiger partial charge in [0.1, 0.15) is 0 Å². The van der Waals surface area contributed by atoms with E-state index < -0.39 is 5.97 Å². The molecule has 0 saturated heterocycles. The molecule has 0 radical (unpaired) electrons. The summed E-state index contributed by atoms with van der Waals surface area (Å²) in [5.41, 5.74) is 0. The van der Waals surface area contributed by atoms with Crippen molar-refractivity contribution >= 4 is 29.0 Å². The average Bonchev–Trinajstić information content (AvgIpc) is 2.50. The first kappa shape index (κ1) is 24.4. The number of hydrogen-bond acceptors (Lipinski definition) is 1. The maximum absolute atomic E-state index is 10.3. The summed E-state index contributed by atoms with van der Waals surface area (Å²) in [6, 6.07) is 0. The van der Waals surface area contributed by atoms with Crippen LogP contribution in [0.2, 0.25) is 0 Å². The molecular weight excluding hydrogens is 297 g/mol. The first-order valence-corrected chi connectivity index (χ1v) is 8.59. The first-order valence-electron chi connectivity index (χ1n) is 8.59. The van der Waals surface area contributed by atoms with Gasteiger partial charge in [0.05, 0.1) is 0 Å². The zero-order chi connectivity index (χ0) is 16.3. The molecule has 3 heteroatoms. The van der Waals surface area contributed by atoms with Crippen molar-refractivity contribution in [2.24, 2.45) is 0 Å². The van der Waals surface area contributed by atoms with Gasteiger partial charge in [-0.2, -0.15) is 0 Å². The smallest absolute Gasteiger partial charge is 1.00 e. The van der Waals surface area contributed by atoms with E-state index in [0.29, 0.717) is 0 Å². The monoisotopic (exact) mass is 330 g/mol. The van der Waals surface area contributed by atoms with Gasteiger partial charge in [-0.15, -0.1) is 0 Å². The molecule has 0 aromatic heterocycles. The van der Waals surface area contributed by atoms with E-state index in [1.54, 1.807) is 0 Å². The molecule has 1 N–H and O–H groups in total. The fourth-order valence-corrected chi connectivity index (χ4v) is 1.93. The second kappa shape index (κ2) is 21.2. The van der Waals surface area contributed by atoms with Crippen molar-refractivity contribution in [1.82, 2.24) is 0 Å². The number of carboxylic acid groups (broad SMARTS) is 1. The molecule has 0 fully saturated rings. The molecule has 0 unspecified atom stereocenters. The molecule has 0 amide bonds. The standard InChI is InChI=1S/C20H32O2.Mg.2H/c1-2-3-4-5-6-7-8-9-10-11-12-13-14-15-16-17-18-19-20(21)22;;;/h6-7,9-10,12-13,15-16H,2-5,8,11,14,17-19H2,1H3,(H,21,22);;;/q;+2;2*-1. The van der Waals surface area contributed by atoms with Crippen LogP contribution in [0.4, 0.5) is 0 Å². The van der Waals surface area contributed by atoms with Crippen LogP contribution < -0.4 is 0 Å². The Morgan fingerprint density at radius 2 is 1.22 bits per heavy atom. The van der Waals surface area contributed by atoms with Crippen LogP contribution >= 0.6 is 0 Å². The molecule has 0 aromatic carbocycles. The van der Waals surface area contributed by atoms with Crippen LogP contribution in [0.25, 0.3) is 0 Å². The SMILES string of the molecule is CCCCCC=CCC=CCC=CCC=CCCCC(=O)O.[H-].[H-].[Mg+2]. The molecular formula is C20H34MgO2. The third kappa shape index (κ3) is 23.6. The Labute approximate surface area is 161 Å². The minimum atomic E-state index is -0.712. The van der Waals surface area contributed by atoms with Gasteiger partial charge in [0.25, 0.3) is 0 Å². The molecule has 0 aliphatic carbocycles. The number of hydrogen-bond donors (Lipinski definition) is 1. The van der Waals surface area contributed by atoms with Gasteiger partial charge in [-0.05, 0) is 44.9 Å². The molecule has 0 atom stereocenters. The van der Waals surface area contributed by atoms with Crippen LogP contribution in [0.3, 0.4) is 0 Å². The van der Waals surface area contributed by atoms with E-state index >= 15 is 0 Å². The van der Waals surface area contributed by atoms with Gasteiger partial charge < -0.3 is 7.96 Å². The van der Waals surface area contributed by atoms with Crippen molar-refractivity contribution < 1.29 is 12.8 Å². The van der Waals surface area contributed by atoms with E-state index in [1.807, 2.05) is 0 Å². The number of aliphatic carboxylic acids is 1. The van der Waals surface area contributed by atoms with Crippen molar-refractivity contribution in [1.29, 1.82) is 0 Å². The molecule has 0 bridgehead atoms. The van der Waals surface area contributed by atoms with E-state index in [1.165, 1.54) is 25.7 Å². The predicted octanol–water partition coefficient (Wildman–Crippen LogP) is 6.06. The maximum Gasteiger partial charge on any atom is 2.00 e. The van der Waals surface area contributed by atoms with Crippen LogP contribution in [0.15, 0.2) is 48.6 Å². The van der Waals surface area contributed by atoms with Gasteiger partial charge in [-0.3, -0.25) is 4.79 Å². The van der Waals surface area contributed by atoms with Gasteiger partial charge in [0, 0.05) is 6.42 Å². The first-order chi connectivity index (χ1) is 10.8. The summed E-state index contributed by atoms with van der Waals surface area (Å²) in [5, 5.41) is 8.49. The van der Waals surface area contributed by atoms with Crippen LogP contribution in [0.5, 0.6) is 0 Å². The third-order valence-electron chi connectivity index (χ3n) is 3.22. The largest absolute Gasteiger partial charge is 2.00 e. The molecule has 0 aliphatic heterocycles. The topological polar surface area (TPSA) is 37.3 Å². The van der Waals surface area contributed by atoms with Crippen LogP contribution in [0, 0.1) is 0 Å². The molecule has 0 aromatic rings. The number of allylic oxidation sites excluding steroid dienone is 8. The fourth-order valence-electron chi connectivity index (χ4n) is 1.93. The summed E-state index contributed by atoms with van der Waals surface area (Å²) < 4.78 is 0. The summed E-state index contributed by atoms with van der Waals surface area (Å²) in [6.07, 6.45) is 27.3. The molecule has 2 nitrogen and oxygen atoms in total. The minimum absolute atomic E-state index is 0. The minimum Gasteiger partial charge on any atom is -1.00 e. The number of unbranched alkanes of at least 4 members (excludes halogenated alkanes) is 4. The molecule has 128 valence electrons. The summed E-state index contributed by atoms with van der Waals surface area (Å²) in [6.45, 7) is 2.23. The van der Waals surface area contributed by atoms with Crippen molar-refractivity contribution in [2.75, 3.05) is 0 Å². The third-order valence-corrected chi connectivity index (χ3v) is 3.22. The Morgan fingerprint density at radius 1 is 0.783 bits per heavy atom. The predicted molar refractivity (Wildman–Crippen MR) is 104 cm³/mol. The van der Waals surface area contributed by atoms with Crippen LogP contribution in [-0.4, -0.2) is 34.1 Å². The Balaban J connectivity index is -0.000000735. The van der Waals surface area contributed by atoms with Gasteiger partial charge in [0.15, 0.2) is 0 Å². The van der Waals surface area contributed by atoms with Crippen molar-refractivity contribution in [3.05, 3.63) is 48.6 Å². The Bertz CT molecular complexity index is 378. The molecule has 23 heavy (non-hydrogen) atoms. The number of carboxylic acids is 1. The van der Waals surface area contributed by atoms with Gasteiger partial charge in [-0.1, -0.05) is 68.4 Å². The Hall–Kier alpha value is -0.804. The Kier molecular flexibility index (Phi) is 22.5. The van der Waals surface area contributed by atoms with Crippen molar-refractivity contribution in [3.8, 4) is 0 Å². The average molecular weight is 331 g/mol. The van der Waals surface area contributed by atoms with Crippen LogP contribution in [-0.2, 0) is 4.79 Å². The van der Waals surface area contributed by atoms with Crippen molar-refractivity contribution in [2.45, 2.75) is 71.1 Å². The van der Waals surface area contributed by atoms with E-state index in [0.717, 1.165) is 32.1 Å². The summed E-state index contributed by atoms with van der Waals surface area (Å²) in [7, 11) is 0. The van der Waals surface area contributed by atoms with Crippen LogP contribution in [0.1, 0.15) is 74.0 Å². The quantitative estimate of drug-likeness (QED) is 0.239. The number of rotatable bonds is 14. The number of carbonyl (C=O) groups is 1. The Morgan fingerprint density at radius 3 is 1.65 bits per heavy atom. The zero-order valence-electron chi connectivity index (χ0n) is 16.8. The maximum atomic E-state index is 10.3. The summed E-state index contributed by atoms with van der Waals surface area (Å²) in [5.74, 6) is -0.712. The van der Waals surface area contributed by atoms with E-state index in [9.17, 15) is 4.79 Å². The van der Waals surface area contributed by atoms with Gasteiger partial charge in [0.2, 0.25) is 0 Å². The van der Waals surface area contributed by atoms with Crippen molar-refractivity contribution in [3.63, 3.8) is 0 Å². The second-order valence-corrected chi connectivity index (χ2v) is 5.37. The van der Waals surface area contributed by atoms with E-state index in [-0.39, 0.29) is 32.3 Å². The molecule has 0 saturated carbocycles. The normalized spacial score (nSPS) is 11.9. The molecule has 0 aliphatic rings. The molecule has 0 heterocycles. The fraction of sp³-hybridized carbons (Fsp3) is 0.550. The van der Waals surface area contributed by atoms with E-state index in [4.69, 9.17) is 5.11 Å².